The largest absolute Gasteiger partial charge is 0.489 e. The van der Waals surface area contributed by atoms with Gasteiger partial charge in [-0.2, -0.15) is 0 Å². The minimum Gasteiger partial charge on any atom is -0.489 e. The predicted molar refractivity (Wildman–Crippen MR) is 71.2 cm³/mol. The Labute approximate surface area is 104 Å². The maximum Gasteiger partial charge on any atom is 0.142 e. The zero-order chi connectivity index (χ0) is 12.1. The molecule has 1 unspecified atom stereocenters. The quantitative estimate of drug-likeness (QED) is 0.796. The molecule has 1 aliphatic rings. The second-order valence-corrected chi connectivity index (χ2v) is 4.80. The number of anilines is 1. The van der Waals surface area contributed by atoms with E-state index in [9.17, 15) is 0 Å². The van der Waals surface area contributed by atoms with Crippen molar-refractivity contribution in [3.8, 4) is 5.75 Å². The van der Waals surface area contributed by atoms with Gasteiger partial charge < -0.3 is 15.4 Å². The number of ether oxygens (including phenoxy) is 1. The third kappa shape index (κ3) is 3.63. The fraction of sp³-hybridized carbons (Fsp3) is 0.571. The van der Waals surface area contributed by atoms with Crippen LogP contribution in [0, 0.1) is 0 Å². The summed E-state index contributed by atoms with van der Waals surface area (Å²) in [6, 6.07) is 7.69. The van der Waals surface area contributed by atoms with E-state index in [0.29, 0.717) is 0 Å². The average molecular weight is 234 g/mol. The van der Waals surface area contributed by atoms with Crippen molar-refractivity contribution >= 4 is 5.69 Å². The summed E-state index contributed by atoms with van der Waals surface area (Å²) in [7, 11) is 0. The van der Waals surface area contributed by atoms with Crippen molar-refractivity contribution < 1.29 is 4.74 Å². The van der Waals surface area contributed by atoms with E-state index < -0.39 is 0 Å². The first kappa shape index (κ1) is 12.2. The summed E-state index contributed by atoms with van der Waals surface area (Å²) < 4.78 is 5.85. The maximum atomic E-state index is 5.85. The van der Waals surface area contributed by atoms with Gasteiger partial charge in [-0.15, -0.1) is 0 Å². The van der Waals surface area contributed by atoms with Crippen LogP contribution in [-0.4, -0.2) is 30.6 Å². The summed E-state index contributed by atoms with van der Waals surface area (Å²) in [6.45, 7) is 5.75. The van der Waals surface area contributed by atoms with Crippen LogP contribution in [0.15, 0.2) is 24.3 Å². The van der Waals surface area contributed by atoms with E-state index in [0.717, 1.165) is 24.4 Å². The molecule has 3 heteroatoms. The Kier molecular flexibility index (Phi) is 4.26. The molecule has 1 aromatic carbocycles. The van der Waals surface area contributed by atoms with Gasteiger partial charge >= 0.3 is 0 Å². The van der Waals surface area contributed by atoms with Crippen LogP contribution in [0.2, 0.25) is 0 Å². The summed E-state index contributed by atoms with van der Waals surface area (Å²) in [5.41, 5.74) is 6.57. The lowest BCUT2D eigenvalue weighted by molar-refractivity contribution is 0.188. The highest BCUT2D eigenvalue weighted by molar-refractivity contribution is 5.51. The molecule has 0 amide bonds. The lowest BCUT2D eigenvalue weighted by Crippen LogP contribution is -2.25. The molecular formula is C14H22N2O. The first-order valence-corrected chi connectivity index (χ1v) is 6.49. The van der Waals surface area contributed by atoms with Crippen molar-refractivity contribution in [3.63, 3.8) is 0 Å². The highest BCUT2D eigenvalue weighted by atomic mass is 16.5. The number of nitrogens with two attached hydrogens (primary N) is 1. The molecule has 0 bridgehead atoms. The lowest BCUT2D eigenvalue weighted by atomic mass is 10.2. The molecule has 1 saturated heterocycles. The van der Waals surface area contributed by atoms with Crippen LogP contribution in [-0.2, 0) is 0 Å². The van der Waals surface area contributed by atoms with Gasteiger partial charge in [-0.05, 0) is 51.4 Å². The van der Waals surface area contributed by atoms with E-state index in [1.54, 1.807) is 0 Å². The molecule has 1 atom stereocenters. The Morgan fingerprint density at radius 2 is 2.00 bits per heavy atom. The molecule has 94 valence electrons. The van der Waals surface area contributed by atoms with Crippen molar-refractivity contribution in [1.82, 2.24) is 4.90 Å². The minimum absolute atomic E-state index is 0.222. The van der Waals surface area contributed by atoms with E-state index in [1.807, 2.05) is 24.3 Å². The van der Waals surface area contributed by atoms with Gasteiger partial charge in [-0.25, -0.2) is 0 Å². The molecule has 0 radical (unpaired) electrons. The first-order valence-electron chi connectivity index (χ1n) is 6.49. The highest BCUT2D eigenvalue weighted by Gasteiger charge is 2.13. The lowest BCUT2D eigenvalue weighted by Gasteiger charge is -2.20. The van der Waals surface area contributed by atoms with E-state index in [4.69, 9.17) is 10.5 Å². The fourth-order valence-corrected chi connectivity index (χ4v) is 2.23. The van der Waals surface area contributed by atoms with Crippen molar-refractivity contribution in [2.24, 2.45) is 0 Å². The smallest absolute Gasteiger partial charge is 0.142 e. The van der Waals surface area contributed by atoms with E-state index in [1.165, 1.54) is 25.9 Å². The third-order valence-corrected chi connectivity index (χ3v) is 3.30. The van der Waals surface area contributed by atoms with Crippen LogP contribution < -0.4 is 10.5 Å². The average Bonchev–Trinajstić information content (AvgIpc) is 2.82. The molecule has 1 heterocycles. The van der Waals surface area contributed by atoms with Crippen LogP contribution in [0.5, 0.6) is 5.75 Å². The monoisotopic (exact) mass is 234 g/mol. The molecular weight excluding hydrogens is 212 g/mol. The van der Waals surface area contributed by atoms with Crippen molar-refractivity contribution in [2.45, 2.75) is 32.3 Å². The molecule has 0 saturated carbocycles. The minimum atomic E-state index is 0.222. The molecule has 1 fully saturated rings. The first-order chi connectivity index (χ1) is 8.25. The van der Waals surface area contributed by atoms with Gasteiger partial charge in [-0.1, -0.05) is 12.1 Å². The number of nitrogen functional groups attached to an aromatic ring is 1. The zero-order valence-corrected chi connectivity index (χ0v) is 10.6. The maximum absolute atomic E-state index is 5.85. The third-order valence-electron chi connectivity index (χ3n) is 3.30. The van der Waals surface area contributed by atoms with Crippen LogP contribution in [0.3, 0.4) is 0 Å². The number of hydrogen-bond acceptors (Lipinski definition) is 3. The van der Waals surface area contributed by atoms with Crippen molar-refractivity contribution in [1.29, 1.82) is 0 Å². The van der Waals surface area contributed by atoms with Crippen LogP contribution in [0.1, 0.15) is 26.2 Å². The Bertz CT molecular complexity index is 348. The van der Waals surface area contributed by atoms with Gasteiger partial charge in [0.2, 0.25) is 0 Å². The second-order valence-electron chi connectivity index (χ2n) is 4.80. The van der Waals surface area contributed by atoms with Gasteiger partial charge in [0.1, 0.15) is 5.75 Å². The van der Waals surface area contributed by atoms with Crippen molar-refractivity contribution in [3.05, 3.63) is 24.3 Å². The van der Waals surface area contributed by atoms with Gasteiger partial charge in [0.15, 0.2) is 0 Å². The predicted octanol–water partition coefficient (Wildman–Crippen LogP) is 2.52. The summed E-state index contributed by atoms with van der Waals surface area (Å²) >= 11 is 0. The SMILES string of the molecule is CC(CCN1CCCC1)Oc1ccccc1N. The molecule has 2 rings (SSSR count). The normalized spacial score (nSPS) is 18.2. The van der Waals surface area contributed by atoms with E-state index in [-0.39, 0.29) is 6.10 Å². The molecule has 0 aliphatic carbocycles. The zero-order valence-electron chi connectivity index (χ0n) is 10.6. The van der Waals surface area contributed by atoms with Crippen molar-refractivity contribution in [2.75, 3.05) is 25.4 Å². The summed E-state index contributed by atoms with van der Waals surface area (Å²) in [5.74, 6) is 0.807. The summed E-state index contributed by atoms with van der Waals surface area (Å²) in [4.78, 5) is 2.51. The molecule has 0 spiro atoms. The molecule has 2 N–H and O–H groups in total. The molecule has 17 heavy (non-hydrogen) atoms. The standard InChI is InChI=1S/C14H22N2O/c1-12(8-11-16-9-4-5-10-16)17-14-7-3-2-6-13(14)15/h2-3,6-7,12H,4-5,8-11,15H2,1H3. The molecule has 1 aliphatic heterocycles. The molecule has 0 aromatic heterocycles. The number of hydrogen-bond donors (Lipinski definition) is 1. The Hall–Kier alpha value is -1.22. The van der Waals surface area contributed by atoms with E-state index in [2.05, 4.69) is 11.8 Å². The summed E-state index contributed by atoms with van der Waals surface area (Å²) in [5, 5.41) is 0. The van der Waals surface area contributed by atoms with Crippen LogP contribution in [0.4, 0.5) is 5.69 Å². The van der Waals surface area contributed by atoms with Crippen LogP contribution in [0.25, 0.3) is 0 Å². The number of rotatable bonds is 5. The Balaban J connectivity index is 1.76. The number of para-hydroxylation sites is 2. The second kappa shape index (κ2) is 5.92. The Morgan fingerprint density at radius 3 is 2.71 bits per heavy atom. The number of likely N-dealkylation sites (tertiary alicyclic amines) is 1. The summed E-state index contributed by atoms with van der Waals surface area (Å²) in [6.07, 6.45) is 3.98. The highest BCUT2D eigenvalue weighted by Crippen LogP contribution is 2.22. The van der Waals surface area contributed by atoms with Gasteiger partial charge in [0.25, 0.3) is 0 Å². The number of nitrogens with zero attached hydrogens (tertiary/aromatic N) is 1. The fourth-order valence-electron chi connectivity index (χ4n) is 2.23. The van der Waals surface area contributed by atoms with Gasteiger partial charge in [0, 0.05) is 6.54 Å². The van der Waals surface area contributed by atoms with E-state index >= 15 is 0 Å². The number of benzene rings is 1. The molecule has 3 nitrogen and oxygen atoms in total. The van der Waals surface area contributed by atoms with Crippen LogP contribution >= 0.6 is 0 Å². The van der Waals surface area contributed by atoms with Gasteiger partial charge in [-0.3, -0.25) is 0 Å². The Morgan fingerprint density at radius 1 is 1.29 bits per heavy atom. The van der Waals surface area contributed by atoms with Gasteiger partial charge in [0.05, 0.1) is 11.8 Å². The topological polar surface area (TPSA) is 38.5 Å². The molecule has 1 aromatic rings.